The van der Waals surface area contributed by atoms with Crippen molar-refractivity contribution >= 4 is 29.6 Å². The van der Waals surface area contributed by atoms with Gasteiger partial charge in [-0.15, -0.1) is 0 Å². The van der Waals surface area contributed by atoms with Gasteiger partial charge in [0.05, 0.1) is 6.21 Å². The van der Waals surface area contributed by atoms with Gasteiger partial charge in [-0.2, -0.15) is 5.10 Å². The summed E-state index contributed by atoms with van der Waals surface area (Å²) < 4.78 is 13.0. The Kier molecular flexibility index (Phi) is 6.19. The number of likely N-dealkylation sites (tertiary alicyclic amines) is 1. The molecule has 27 heavy (non-hydrogen) atoms. The van der Waals surface area contributed by atoms with E-state index < -0.39 is 0 Å². The second kappa shape index (κ2) is 8.77. The Bertz CT molecular complexity index is 847. The minimum absolute atomic E-state index is 0.146. The van der Waals surface area contributed by atoms with Crippen LogP contribution in [0.1, 0.15) is 28.8 Å². The molecule has 3 rings (SSSR count). The van der Waals surface area contributed by atoms with Gasteiger partial charge in [0.25, 0.3) is 5.91 Å². The number of nitrogens with one attached hydrogen (secondary N) is 1. The van der Waals surface area contributed by atoms with Gasteiger partial charge in [-0.25, -0.2) is 9.82 Å². The summed E-state index contributed by atoms with van der Waals surface area (Å²) in [5.74, 6) is -0.881. The Hall–Kier alpha value is -2.73. The molecule has 1 aliphatic rings. The first kappa shape index (κ1) is 19.0. The first-order valence-electron chi connectivity index (χ1n) is 8.66. The minimum atomic E-state index is -0.375. The molecular weight excluding hydrogens is 369 g/mol. The molecule has 1 fully saturated rings. The maximum absolute atomic E-state index is 13.0. The monoisotopic (exact) mass is 387 g/mol. The first-order valence-corrected chi connectivity index (χ1v) is 9.04. The Morgan fingerprint density at radius 2 is 1.85 bits per heavy atom. The van der Waals surface area contributed by atoms with Gasteiger partial charge in [0.15, 0.2) is 0 Å². The lowest BCUT2D eigenvalue weighted by Crippen LogP contribution is -2.42. The molecule has 2 aromatic rings. The Morgan fingerprint density at radius 1 is 1.15 bits per heavy atom. The second-order valence-electron chi connectivity index (χ2n) is 6.36. The first-order chi connectivity index (χ1) is 13.0. The van der Waals surface area contributed by atoms with Gasteiger partial charge in [0, 0.05) is 29.6 Å². The van der Waals surface area contributed by atoms with Crippen LogP contribution in [0.25, 0.3) is 0 Å². The van der Waals surface area contributed by atoms with Gasteiger partial charge in [0.1, 0.15) is 5.82 Å². The zero-order valence-electron chi connectivity index (χ0n) is 14.6. The Labute approximate surface area is 161 Å². The molecule has 140 valence electrons. The van der Waals surface area contributed by atoms with Gasteiger partial charge in [-0.3, -0.25) is 9.59 Å². The van der Waals surface area contributed by atoms with Crippen molar-refractivity contribution in [3.8, 4) is 0 Å². The third-order valence-corrected chi connectivity index (χ3v) is 4.72. The van der Waals surface area contributed by atoms with Crippen molar-refractivity contribution in [2.24, 2.45) is 11.0 Å². The third-order valence-electron chi connectivity index (χ3n) is 4.48. The lowest BCUT2D eigenvalue weighted by atomic mass is 9.95. The summed E-state index contributed by atoms with van der Waals surface area (Å²) in [6.07, 6.45) is 2.66. The number of halogens is 2. The molecule has 0 bridgehead atoms. The zero-order valence-corrected chi connectivity index (χ0v) is 15.3. The summed E-state index contributed by atoms with van der Waals surface area (Å²) in [5, 5.41) is 4.57. The van der Waals surface area contributed by atoms with Crippen molar-refractivity contribution in [3.05, 3.63) is 70.5 Å². The van der Waals surface area contributed by atoms with E-state index in [2.05, 4.69) is 10.5 Å². The Balaban J connectivity index is 1.49. The highest BCUT2D eigenvalue weighted by Gasteiger charge is 2.27. The van der Waals surface area contributed by atoms with Crippen LogP contribution in [0.5, 0.6) is 0 Å². The van der Waals surface area contributed by atoms with Crippen molar-refractivity contribution in [2.45, 2.75) is 12.8 Å². The summed E-state index contributed by atoms with van der Waals surface area (Å²) in [4.78, 5) is 26.3. The van der Waals surface area contributed by atoms with Crippen LogP contribution in [0.2, 0.25) is 5.02 Å². The number of carbonyl (C=O) groups is 2. The summed E-state index contributed by atoms with van der Waals surface area (Å²) in [7, 11) is 0. The van der Waals surface area contributed by atoms with Crippen LogP contribution in [0, 0.1) is 11.7 Å². The highest BCUT2D eigenvalue weighted by Crippen LogP contribution is 2.19. The van der Waals surface area contributed by atoms with E-state index >= 15 is 0 Å². The van der Waals surface area contributed by atoms with E-state index in [1.54, 1.807) is 23.1 Å². The molecule has 2 aromatic carbocycles. The molecule has 0 saturated carbocycles. The largest absolute Gasteiger partial charge is 0.339 e. The molecule has 1 aliphatic heterocycles. The predicted molar refractivity (Wildman–Crippen MR) is 102 cm³/mol. The van der Waals surface area contributed by atoms with Gasteiger partial charge < -0.3 is 4.90 Å². The van der Waals surface area contributed by atoms with Crippen molar-refractivity contribution in [3.63, 3.8) is 0 Å². The molecule has 0 spiro atoms. The van der Waals surface area contributed by atoms with Crippen LogP contribution in [-0.4, -0.2) is 36.0 Å². The topological polar surface area (TPSA) is 61.8 Å². The average molecular weight is 388 g/mol. The lowest BCUT2D eigenvalue weighted by molar-refractivity contribution is -0.126. The SMILES string of the molecule is O=C(N/N=C\c1cccc(Cl)c1)C1CCN(C(=O)c2ccc(F)cc2)CC1. The molecule has 7 heteroatoms. The number of benzene rings is 2. The van der Waals surface area contributed by atoms with E-state index in [4.69, 9.17) is 11.6 Å². The van der Waals surface area contributed by atoms with E-state index in [9.17, 15) is 14.0 Å². The second-order valence-corrected chi connectivity index (χ2v) is 6.80. The number of hydrazone groups is 1. The van der Waals surface area contributed by atoms with Gasteiger partial charge in [-0.05, 0) is 54.8 Å². The van der Waals surface area contributed by atoms with E-state index in [1.807, 2.05) is 6.07 Å². The number of rotatable bonds is 4. The van der Waals surface area contributed by atoms with Crippen LogP contribution < -0.4 is 5.43 Å². The summed E-state index contributed by atoms with van der Waals surface area (Å²) in [6, 6.07) is 12.6. The molecular formula is C20H19ClFN3O2. The molecule has 2 amide bonds. The fourth-order valence-electron chi connectivity index (χ4n) is 2.97. The molecule has 0 aliphatic carbocycles. The standard InChI is InChI=1S/C20H19ClFN3O2/c21-17-3-1-2-14(12-17)13-23-24-19(26)15-8-10-25(11-9-15)20(27)16-4-6-18(22)7-5-16/h1-7,12-13,15H,8-11H2,(H,24,26)/b23-13-. The van der Waals surface area contributed by atoms with Gasteiger partial charge >= 0.3 is 0 Å². The van der Waals surface area contributed by atoms with Crippen LogP contribution >= 0.6 is 11.6 Å². The molecule has 1 heterocycles. The maximum atomic E-state index is 13.0. The highest BCUT2D eigenvalue weighted by atomic mass is 35.5. The van der Waals surface area contributed by atoms with E-state index in [-0.39, 0.29) is 23.5 Å². The lowest BCUT2D eigenvalue weighted by Gasteiger charge is -2.31. The van der Waals surface area contributed by atoms with Crippen molar-refractivity contribution < 1.29 is 14.0 Å². The van der Waals surface area contributed by atoms with Crippen LogP contribution in [-0.2, 0) is 4.79 Å². The van der Waals surface area contributed by atoms with Crippen molar-refractivity contribution in [2.75, 3.05) is 13.1 Å². The third kappa shape index (κ3) is 5.14. The number of hydrogen-bond donors (Lipinski definition) is 1. The molecule has 1 saturated heterocycles. The van der Waals surface area contributed by atoms with Gasteiger partial charge in [-0.1, -0.05) is 23.7 Å². The summed E-state index contributed by atoms with van der Waals surface area (Å²) >= 11 is 5.90. The van der Waals surface area contributed by atoms with E-state index in [1.165, 1.54) is 30.5 Å². The van der Waals surface area contributed by atoms with Crippen molar-refractivity contribution in [1.82, 2.24) is 10.3 Å². The van der Waals surface area contributed by atoms with E-state index in [0.29, 0.717) is 36.5 Å². The number of piperidine rings is 1. The molecule has 0 aromatic heterocycles. The fraction of sp³-hybridized carbons (Fsp3) is 0.250. The molecule has 5 nitrogen and oxygen atoms in total. The number of amides is 2. The minimum Gasteiger partial charge on any atom is -0.339 e. The normalized spacial score (nSPS) is 15.1. The predicted octanol–water partition coefficient (Wildman–Crippen LogP) is 3.48. The molecule has 0 atom stereocenters. The smallest absolute Gasteiger partial charge is 0.253 e. The van der Waals surface area contributed by atoms with Crippen molar-refractivity contribution in [1.29, 1.82) is 0 Å². The summed E-state index contributed by atoms with van der Waals surface area (Å²) in [6.45, 7) is 0.957. The zero-order chi connectivity index (χ0) is 19.2. The maximum Gasteiger partial charge on any atom is 0.253 e. The molecule has 0 unspecified atom stereocenters. The van der Waals surface area contributed by atoms with E-state index in [0.717, 1.165) is 5.56 Å². The highest BCUT2D eigenvalue weighted by molar-refractivity contribution is 6.30. The molecule has 1 N–H and O–H groups in total. The Morgan fingerprint density at radius 3 is 2.52 bits per heavy atom. The number of carbonyl (C=O) groups excluding carboxylic acids is 2. The average Bonchev–Trinajstić information content (AvgIpc) is 2.68. The summed E-state index contributed by atoms with van der Waals surface area (Å²) in [5.41, 5.74) is 3.79. The fourth-order valence-corrected chi connectivity index (χ4v) is 3.17. The van der Waals surface area contributed by atoms with Crippen LogP contribution in [0.3, 0.4) is 0 Å². The number of nitrogens with zero attached hydrogens (tertiary/aromatic N) is 2. The van der Waals surface area contributed by atoms with Crippen LogP contribution in [0.4, 0.5) is 4.39 Å². The number of hydrogen-bond acceptors (Lipinski definition) is 3. The van der Waals surface area contributed by atoms with Gasteiger partial charge in [0.2, 0.25) is 5.91 Å². The quantitative estimate of drug-likeness (QED) is 0.645. The van der Waals surface area contributed by atoms with Crippen LogP contribution in [0.15, 0.2) is 53.6 Å². The molecule has 0 radical (unpaired) electrons.